The highest BCUT2D eigenvalue weighted by Gasteiger charge is 2.23. The molecule has 1 amide bonds. The number of amides is 1. The molecule has 0 radical (unpaired) electrons. The number of rotatable bonds is 4. The van der Waals surface area contributed by atoms with Crippen molar-refractivity contribution in [2.75, 3.05) is 31.1 Å². The van der Waals surface area contributed by atoms with Gasteiger partial charge in [-0.1, -0.05) is 54.6 Å². The van der Waals surface area contributed by atoms with Crippen LogP contribution >= 0.6 is 0 Å². The van der Waals surface area contributed by atoms with E-state index in [0.29, 0.717) is 31.7 Å². The smallest absolute Gasteiger partial charge is 0.227 e. The summed E-state index contributed by atoms with van der Waals surface area (Å²) in [5, 5.41) is 11.2. The minimum atomic E-state index is -0.332. The molecule has 0 saturated carbocycles. The Bertz CT molecular complexity index is 1250. The van der Waals surface area contributed by atoms with Gasteiger partial charge in [0.1, 0.15) is 5.82 Å². The van der Waals surface area contributed by atoms with E-state index in [1.807, 2.05) is 24.3 Å². The summed E-state index contributed by atoms with van der Waals surface area (Å²) in [6, 6.07) is 24.9. The van der Waals surface area contributed by atoms with Gasteiger partial charge in [0.25, 0.3) is 0 Å². The Morgan fingerprint density at radius 1 is 0.812 bits per heavy atom. The second-order valence-corrected chi connectivity index (χ2v) is 7.97. The van der Waals surface area contributed by atoms with Gasteiger partial charge in [-0.3, -0.25) is 4.79 Å². The summed E-state index contributed by atoms with van der Waals surface area (Å²) in [5.41, 5.74) is 2.31. The second kappa shape index (κ2) is 8.75. The summed E-state index contributed by atoms with van der Waals surface area (Å²) in [7, 11) is 0. The number of anilines is 1. The number of aromatic nitrogens is 2. The minimum Gasteiger partial charge on any atom is -0.352 e. The molecule has 1 fully saturated rings. The fourth-order valence-corrected chi connectivity index (χ4v) is 4.10. The highest BCUT2D eigenvalue weighted by molar-refractivity contribution is 5.86. The number of fused-ring (bicyclic) bond motifs is 1. The third-order valence-electron chi connectivity index (χ3n) is 5.95. The van der Waals surface area contributed by atoms with Crippen LogP contribution in [-0.4, -0.2) is 47.2 Å². The van der Waals surface area contributed by atoms with Gasteiger partial charge in [0, 0.05) is 31.7 Å². The molecule has 160 valence electrons. The van der Waals surface area contributed by atoms with Crippen molar-refractivity contribution in [1.29, 1.82) is 0 Å². The maximum atomic E-state index is 13.8. The van der Waals surface area contributed by atoms with Crippen LogP contribution in [0.15, 0.2) is 78.9 Å². The van der Waals surface area contributed by atoms with Crippen LogP contribution in [0, 0.1) is 5.82 Å². The van der Waals surface area contributed by atoms with E-state index in [2.05, 4.69) is 45.4 Å². The quantitative estimate of drug-likeness (QED) is 0.488. The summed E-state index contributed by atoms with van der Waals surface area (Å²) >= 11 is 0. The van der Waals surface area contributed by atoms with E-state index in [1.54, 1.807) is 23.1 Å². The van der Waals surface area contributed by atoms with Gasteiger partial charge in [0.05, 0.1) is 12.1 Å². The van der Waals surface area contributed by atoms with Crippen LogP contribution in [0.25, 0.3) is 22.0 Å². The summed E-state index contributed by atoms with van der Waals surface area (Å²) in [4.78, 5) is 16.5. The van der Waals surface area contributed by atoms with E-state index in [1.165, 1.54) is 16.8 Å². The Morgan fingerprint density at radius 2 is 1.56 bits per heavy atom. The number of halogens is 1. The fraction of sp³-hybridized carbons (Fsp3) is 0.192. The van der Waals surface area contributed by atoms with Crippen molar-refractivity contribution in [3.63, 3.8) is 0 Å². The van der Waals surface area contributed by atoms with Gasteiger partial charge in [-0.25, -0.2) is 4.39 Å². The fourth-order valence-electron chi connectivity index (χ4n) is 4.10. The van der Waals surface area contributed by atoms with E-state index in [9.17, 15) is 9.18 Å². The summed E-state index contributed by atoms with van der Waals surface area (Å²) < 4.78 is 13.8. The molecule has 1 saturated heterocycles. The molecule has 1 aliphatic rings. The standard InChI is InChI=1S/C26H23FN4O/c27-23-8-4-3-7-21(23)18-26(32)31-15-13-30(14-16-31)25-12-11-24(28-29-25)22-10-9-19-5-1-2-6-20(19)17-22/h1-12,17H,13-16,18H2. The van der Waals surface area contributed by atoms with Crippen LogP contribution in [0.5, 0.6) is 0 Å². The molecule has 3 aromatic carbocycles. The molecule has 0 bridgehead atoms. The highest BCUT2D eigenvalue weighted by Crippen LogP contribution is 2.24. The molecule has 1 aromatic heterocycles. The molecule has 5 nitrogen and oxygen atoms in total. The largest absolute Gasteiger partial charge is 0.352 e. The SMILES string of the molecule is O=C(Cc1ccccc1F)N1CCN(c2ccc(-c3ccc4ccccc4c3)nn2)CC1. The van der Waals surface area contributed by atoms with Crippen LogP contribution in [-0.2, 0) is 11.2 Å². The Balaban J connectivity index is 1.22. The zero-order valence-corrected chi connectivity index (χ0v) is 17.6. The lowest BCUT2D eigenvalue weighted by molar-refractivity contribution is -0.130. The lowest BCUT2D eigenvalue weighted by Gasteiger charge is -2.35. The lowest BCUT2D eigenvalue weighted by Crippen LogP contribution is -2.49. The second-order valence-electron chi connectivity index (χ2n) is 7.97. The molecule has 4 aromatic rings. The van der Waals surface area contributed by atoms with Gasteiger partial charge in [0.15, 0.2) is 5.82 Å². The molecule has 32 heavy (non-hydrogen) atoms. The lowest BCUT2D eigenvalue weighted by atomic mass is 10.1. The maximum absolute atomic E-state index is 13.8. The normalized spacial score (nSPS) is 14.0. The highest BCUT2D eigenvalue weighted by atomic mass is 19.1. The average molecular weight is 426 g/mol. The third kappa shape index (κ3) is 4.17. The van der Waals surface area contributed by atoms with E-state index < -0.39 is 0 Å². The first-order chi connectivity index (χ1) is 15.7. The van der Waals surface area contributed by atoms with E-state index >= 15 is 0 Å². The van der Waals surface area contributed by atoms with E-state index in [-0.39, 0.29) is 18.1 Å². The van der Waals surface area contributed by atoms with Crippen molar-refractivity contribution >= 4 is 22.5 Å². The Morgan fingerprint density at radius 3 is 2.31 bits per heavy atom. The minimum absolute atomic E-state index is 0.0486. The van der Waals surface area contributed by atoms with Gasteiger partial charge in [-0.05, 0) is 40.6 Å². The third-order valence-corrected chi connectivity index (χ3v) is 5.95. The van der Waals surface area contributed by atoms with Crippen molar-refractivity contribution in [1.82, 2.24) is 15.1 Å². The van der Waals surface area contributed by atoms with E-state index in [0.717, 1.165) is 17.1 Å². The molecular formula is C26H23FN4O. The van der Waals surface area contributed by atoms with Crippen LogP contribution in [0.1, 0.15) is 5.56 Å². The number of carbonyl (C=O) groups excluding carboxylic acids is 1. The summed E-state index contributed by atoms with van der Waals surface area (Å²) in [6.07, 6.45) is 0.0902. The molecule has 2 heterocycles. The first-order valence-electron chi connectivity index (χ1n) is 10.8. The van der Waals surface area contributed by atoms with Gasteiger partial charge >= 0.3 is 0 Å². The van der Waals surface area contributed by atoms with Gasteiger partial charge in [0.2, 0.25) is 5.91 Å². The number of nitrogens with zero attached hydrogens (tertiary/aromatic N) is 4. The van der Waals surface area contributed by atoms with Crippen molar-refractivity contribution in [2.24, 2.45) is 0 Å². The topological polar surface area (TPSA) is 49.3 Å². The Kier molecular flexibility index (Phi) is 5.50. The molecule has 0 unspecified atom stereocenters. The molecule has 1 aliphatic heterocycles. The van der Waals surface area contributed by atoms with Crippen LogP contribution in [0.3, 0.4) is 0 Å². The monoisotopic (exact) mass is 426 g/mol. The molecule has 6 heteroatoms. The van der Waals surface area contributed by atoms with Gasteiger partial charge in [-0.2, -0.15) is 0 Å². The van der Waals surface area contributed by atoms with Crippen molar-refractivity contribution in [3.8, 4) is 11.3 Å². The van der Waals surface area contributed by atoms with E-state index in [4.69, 9.17) is 0 Å². The van der Waals surface area contributed by atoms with Crippen molar-refractivity contribution < 1.29 is 9.18 Å². The van der Waals surface area contributed by atoms with Crippen LogP contribution in [0.4, 0.5) is 10.2 Å². The predicted molar refractivity (Wildman–Crippen MR) is 124 cm³/mol. The van der Waals surface area contributed by atoms with Gasteiger partial charge in [-0.15, -0.1) is 10.2 Å². The first kappa shape index (κ1) is 20.1. The summed E-state index contributed by atoms with van der Waals surface area (Å²) in [5.74, 6) is 0.421. The molecule has 0 spiro atoms. The van der Waals surface area contributed by atoms with Crippen LogP contribution < -0.4 is 4.90 Å². The van der Waals surface area contributed by atoms with Gasteiger partial charge < -0.3 is 9.80 Å². The zero-order valence-electron chi connectivity index (χ0n) is 17.6. The average Bonchev–Trinajstić information content (AvgIpc) is 2.85. The number of hydrogen-bond donors (Lipinski definition) is 0. The first-order valence-corrected chi connectivity index (χ1v) is 10.8. The number of piperazine rings is 1. The van der Waals surface area contributed by atoms with Crippen molar-refractivity contribution in [3.05, 3.63) is 90.2 Å². The maximum Gasteiger partial charge on any atom is 0.227 e. The molecular weight excluding hydrogens is 403 g/mol. The summed E-state index contributed by atoms with van der Waals surface area (Å²) in [6.45, 7) is 2.52. The molecule has 5 rings (SSSR count). The molecule has 0 atom stereocenters. The zero-order chi connectivity index (χ0) is 21.9. The number of carbonyl (C=O) groups is 1. The number of benzene rings is 3. The van der Waals surface area contributed by atoms with Crippen LogP contribution in [0.2, 0.25) is 0 Å². The van der Waals surface area contributed by atoms with Crippen molar-refractivity contribution in [2.45, 2.75) is 6.42 Å². The predicted octanol–water partition coefficient (Wildman–Crippen LogP) is 4.33. The Hall–Kier alpha value is -3.80. The Labute approximate surface area is 186 Å². The molecule has 0 N–H and O–H groups in total. The number of hydrogen-bond acceptors (Lipinski definition) is 4. The molecule has 0 aliphatic carbocycles.